The van der Waals surface area contributed by atoms with Gasteiger partial charge in [0.05, 0.1) is 16.8 Å². The Morgan fingerprint density at radius 2 is 2.06 bits per heavy atom. The highest BCUT2D eigenvalue weighted by Crippen LogP contribution is 2.34. The van der Waals surface area contributed by atoms with Crippen molar-refractivity contribution in [1.82, 2.24) is 24.8 Å². The van der Waals surface area contributed by atoms with Crippen LogP contribution in [0.5, 0.6) is 0 Å². The van der Waals surface area contributed by atoms with E-state index in [1.807, 2.05) is 38.0 Å². The van der Waals surface area contributed by atoms with Crippen LogP contribution in [0.4, 0.5) is 10.2 Å². The fourth-order valence-corrected chi connectivity index (χ4v) is 4.81. The van der Waals surface area contributed by atoms with E-state index in [9.17, 15) is 9.18 Å². The molecule has 0 spiro atoms. The maximum Gasteiger partial charge on any atom is 0.355 e. The summed E-state index contributed by atoms with van der Waals surface area (Å²) in [7, 11) is 0. The summed E-state index contributed by atoms with van der Waals surface area (Å²) in [5.41, 5.74) is 1.13. The lowest BCUT2D eigenvalue weighted by Crippen LogP contribution is -2.55. The molecule has 0 aliphatic carbocycles. The zero-order chi connectivity index (χ0) is 23.2. The van der Waals surface area contributed by atoms with E-state index in [0.29, 0.717) is 23.4 Å². The van der Waals surface area contributed by atoms with Gasteiger partial charge >= 0.3 is 5.69 Å². The zero-order valence-corrected chi connectivity index (χ0v) is 20.3. The van der Waals surface area contributed by atoms with Gasteiger partial charge in [0, 0.05) is 36.3 Å². The van der Waals surface area contributed by atoms with Gasteiger partial charge in [0.25, 0.3) is 0 Å². The third kappa shape index (κ3) is 3.97. The predicted molar refractivity (Wildman–Crippen MR) is 128 cm³/mol. The fraction of sp³-hybridized carbons (Fsp3) is 0.455. The van der Waals surface area contributed by atoms with Gasteiger partial charge in [0.15, 0.2) is 16.6 Å². The van der Waals surface area contributed by atoms with Crippen LogP contribution in [0.2, 0.25) is 5.15 Å². The molecule has 32 heavy (non-hydrogen) atoms. The number of thioether (sulfide) groups is 1. The number of pyridine rings is 2. The lowest BCUT2D eigenvalue weighted by molar-refractivity contribution is 0.423. The summed E-state index contributed by atoms with van der Waals surface area (Å²) in [6.45, 7) is 9.49. The highest BCUT2D eigenvalue weighted by molar-refractivity contribution is 7.98. The number of halogens is 2. The third-order valence-corrected chi connectivity index (χ3v) is 6.74. The van der Waals surface area contributed by atoms with Gasteiger partial charge in [-0.2, -0.15) is 4.98 Å². The lowest BCUT2D eigenvalue weighted by atomic mass is 10.1. The predicted octanol–water partition coefficient (Wildman–Crippen LogP) is 4.00. The maximum absolute atomic E-state index is 14.6. The van der Waals surface area contributed by atoms with Crippen LogP contribution in [0.1, 0.15) is 39.3 Å². The van der Waals surface area contributed by atoms with Crippen LogP contribution in [0, 0.1) is 5.82 Å². The van der Waals surface area contributed by atoms with E-state index in [-0.39, 0.29) is 28.8 Å². The van der Waals surface area contributed by atoms with Crippen LogP contribution in [0.3, 0.4) is 0 Å². The molecule has 1 aliphatic heterocycles. The molecule has 0 aromatic carbocycles. The normalized spacial score (nSPS) is 19.2. The van der Waals surface area contributed by atoms with Crippen LogP contribution in [-0.2, 0) is 0 Å². The first kappa shape index (κ1) is 22.9. The highest BCUT2D eigenvalue weighted by atomic mass is 35.5. The quantitative estimate of drug-likeness (QED) is 0.450. The molecule has 0 saturated carbocycles. The first-order chi connectivity index (χ1) is 15.2. The number of anilines is 1. The highest BCUT2D eigenvalue weighted by Gasteiger charge is 2.29. The second-order valence-electron chi connectivity index (χ2n) is 8.40. The Kier molecular flexibility index (Phi) is 6.42. The summed E-state index contributed by atoms with van der Waals surface area (Å²) < 4.78 is 16.0. The molecule has 4 rings (SSSR count). The van der Waals surface area contributed by atoms with E-state index in [1.165, 1.54) is 22.4 Å². The van der Waals surface area contributed by atoms with E-state index < -0.39 is 11.5 Å². The molecule has 1 aliphatic rings. The number of rotatable bonds is 4. The number of hydrogen-bond donors (Lipinski definition) is 1. The topological polar surface area (TPSA) is 75.9 Å². The molecule has 1 N–H and O–H groups in total. The van der Waals surface area contributed by atoms with Gasteiger partial charge in [-0.3, -0.25) is 4.98 Å². The van der Waals surface area contributed by atoms with Crippen molar-refractivity contribution in [1.29, 1.82) is 0 Å². The van der Waals surface area contributed by atoms with Gasteiger partial charge in [-0.05, 0) is 38.2 Å². The maximum atomic E-state index is 14.6. The van der Waals surface area contributed by atoms with E-state index in [0.717, 1.165) is 17.1 Å². The first-order valence-electron chi connectivity index (χ1n) is 10.5. The van der Waals surface area contributed by atoms with Crippen molar-refractivity contribution in [2.24, 2.45) is 0 Å². The molecule has 7 nitrogen and oxygen atoms in total. The average molecular weight is 477 g/mol. The zero-order valence-electron chi connectivity index (χ0n) is 18.7. The molecule has 4 heterocycles. The summed E-state index contributed by atoms with van der Waals surface area (Å²) in [5.74, 6) is -0.182. The van der Waals surface area contributed by atoms with Gasteiger partial charge in [-0.15, -0.1) is 11.8 Å². The van der Waals surface area contributed by atoms with Crippen LogP contribution in [0.15, 0.2) is 28.0 Å². The Morgan fingerprint density at radius 3 is 2.75 bits per heavy atom. The third-order valence-electron chi connectivity index (χ3n) is 5.70. The van der Waals surface area contributed by atoms with Crippen LogP contribution < -0.4 is 15.9 Å². The molecular weight excluding hydrogens is 451 g/mol. The fourth-order valence-electron chi connectivity index (χ4n) is 4.08. The molecule has 3 aromatic heterocycles. The van der Waals surface area contributed by atoms with E-state index in [2.05, 4.69) is 27.2 Å². The molecule has 170 valence electrons. The van der Waals surface area contributed by atoms with Crippen molar-refractivity contribution >= 4 is 40.2 Å². The Morgan fingerprint density at radius 1 is 1.31 bits per heavy atom. The summed E-state index contributed by atoms with van der Waals surface area (Å²) >= 11 is 7.60. The molecule has 10 heteroatoms. The number of nitrogens with zero attached hydrogens (tertiary/aromatic N) is 5. The summed E-state index contributed by atoms with van der Waals surface area (Å²) in [6, 6.07) is 3.45. The van der Waals surface area contributed by atoms with Crippen molar-refractivity contribution in [3.63, 3.8) is 0 Å². The Bertz CT molecular complexity index is 1230. The standard InChI is InChI=1S/C22H26ClFN6OS/c1-11(2)17-18(16(32-5)6-7-25-17)30-21-14(8-15(24)19(23)27-21)20(28-22(30)31)29-10-12(3)26-9-13(29)4/h6-8,11-13,26H,9-10H2,1-5H3/t12-,13+/m1/s1. The summed E-state index contributed by atoms with van der Waals surface area (Å²) in [4.78, 5) is 29.7. The Hall–Kier alpha value is -2.23. The van der Waals surface area contributed by atoms with E-state index in [1.54, 1.807) is 6.20 Å². The molecule has 0 bridgehead atoms. The van der Waals surface area contributed by atoms with Gasteiger partial charge in [0.1, 0.15) is 5.82 Å². The smallest absolute Gasteiger partial charge is 0.350 e. The largest absolute Gasteiger partial charge is 0.355 e. The van der Waals surface area contributed by atoms with Gasteiger partial charge in [-0.25, -0.2) is 18.7 Å². The number of nitrogens with one attached hydrogen (secondary N) is 1. The number of fused-ring (bicyclic) bond motifs is 1. The molecule has 0 radical (unpaired) electrons. The second kappa shape index (κ2) is 8.96. The second-order valence-corrected chi connectivity index (χ2v) is 9.60. The van der Waals surface area contributed by atoms with Crippen LogP contribution >= 0.6 is 23.4 Å². The monoisotopic (exact) mass is 476 g/mol. The number of hydrogen-bond acceptors (Lipinski definition) is 7. The Balaban J connectivity index is 2.09. The SMILES string of the molecule is CSc1ccnc(C(C)C)c1-n1c(=O)nc(N2C[C@@H](C)NC[C@@H]2C)c2cc(F)c(Cl)nc21. The van der Waals surface area contributed by atoms with E-state index in [4.69, 9.17) is 11.6 Å². The van der Waals surface area contributed by atoms with Crippen molar-refractivity contribution in [3.8, 4) is 5.69 Å². The van der Waals surface area contributed by atoms with Gasteiger partial charge in [0.2, 0.25) is 0 Å². The number of piperazine rings is 1. The Labute approximate surface area is 195 Å². The van der Waals surface area contributed by atoms with Crippen molar-refractivity contribution < 1.29 is 4.39 Å². The first-order valence-corrected chi connectivity index (χ1v) is 12.1. The minimum absolute atomic E-state index is 0.0451. The lowest BCUT2D eigenvalue weighted by Gasteiger charge is -2.38. The van der Waals surface area contributed by atoms with E-state index >= 15 is 0 Å². The molecular formula is C22H26ClFN6OS. The molecule has 3 aromatic rings. The molecule has 1 saturated heterocycles. The van der Waals surface area contributed by atoms with Crippen molar-refractivity contribution in [3.05, 3.63) is 45.5 Å². The molecule has 1 fully saturated rings. The van der Waals surface area contributed by atoms with Crippen LogP contribution in [0.25, 0.3) is 16.7 Å². The minimum Gasteiger partial charge on any atom is -0.350 e. The van der Waals surface area contributed by atoms with Crippen LogP contribution in [-0.4, -0.2) is 50.9 Å². The summed E-state index contributed by atoms with van der Waals surface area (Å²) in [5, 5.41) is 3.57. The van der Waals surface area contributed by atoms with Gasteiger partial charge in [-0.1, -0.05) is 25.4 Å². The molecule has 0 unspecified atom stereocenters. The summed E-state index contributed by atoms with van der Waals surface area (Å²) in [6.07, 6.45) is 3.66. The average Bonchev–Trinajstić information content (AvgIpc) is 2.76. The number of aromatic nitrogens is 4. The molecule has 2 atom stereocenters. The van der Waals surface area contributed by atoms with Crippen molar-refractivity contribution in [2.45, 2.75) is 50.6 Å². The van der Waals surface area contributed by atoms with Gasteiger partial charge < -0.3 is 10.2 Å². The minimum atomic E-state index is -0.649. The van der Waals surface area contributed by atoms with Crippen molar-refractivity contribution in [2.75, 3.05) is 24.2 Å². The molecule has 0 amide bonds.